The van der Waals surface area contributed by atoms with Crippen LogP contribution >= 0.6 is 22.9 Å². The van der Waals surface area contributed by atoms with Crippen molar-refractivity contribution >= 4 is 28.8 Å². The van der Waals surface area contributed by atoms with E-state index in [1.165, 1.54) is 24.2 Å². The molecule has 3 aromatic rings. The van der Waals surface area contributed by atoms with Crippen LogP contribution in [-0.2, 0) is 11.2 Å². The molecular formula is C21H22ClN3O2S. The van der Waals surface area contributed by atoms with Crippen LogP contribution in [0.15, 0.2) is 52.5 Å². The van der Waals surface area contributed by atoms with Gasteiger partial charge >= 0.3 is 0 Å². The molecule has 0 bridgehead atoms. The van der Waals surface area contributed by atoms with Crippen LogP contribution in [0.1, 0.15) is 30.3 Å². The van der Waals surface area contributed by atoms with Crippen LogP contribution in [0, 0.1) is 0 Å². The molecule has 1 saturated heterocycles. The molecule has 0 spiro atoms. The molecule has 4 rings (SSSR count). The third kappa shape index (κ3) is 4.63. The fourth-order valence-electron chi connectivity index (χ4n) is 3.49. The number of carbonyl (C=O) groups is 1. The lowest BCUT2D eigenvalue weighted by Gasteiger charge is -2.25. The van der Waals surface area contributed by atoms with E-state index in [4.69, 9.17) is 16.0 Å². The quantitative estimate of drug-likeness (QED) is 0.614. The predicted octanol–water partition coefficient (Wildman–Crippen LogP) is 4.55. The summed E-state index contributed by atoms with van der Waals surface area (Å²) in [6.45, 7) is 2.62. The molecule has 2 aromatic heterocycles. The summed E-state index contributed by atoms with van der Waals surface area (Å²) >= 11 is 7.47. The van der Waals surface area contributed by atoms with E-state index in [1.807, 2.05) is 41.8 Å². The topological polar surface area (TPSA) is 58.4 Å². The van der Waals surface area contributed by atoms with Crippen molar-refractivity contribution in [3.8, 4) is 10.6 Å². The maximum atomic E-state index is 12.5. The first kappa shape index (κ1) is 19.2. The Bertz CT molecular complexity index is 902. The summed E-state index contributed by atoms with van der Waals surface area (Å²) in [5.41, 5.74) is 1.79. The fourth-order valence-corrected chi connectivity index (χ4v) is 4.45. The molecule has 0 saturated carbocycles. The summed E-state index contributed by atoms with van der Waals surface area (Å²) in [5.74, 6) is 0.879. The van der Waals surface area contributed by atoms with E-state index < -0.39 is 0 Å². The smallest absolute Gasteiger partial charge is 0.226 e. The van der Waals surface area contributed by atoms with Crippen molar-refractivity contribution in [1.82, 2.24) is 15.2 Å². The number of thiazole rings is 1. The first-order valence-electron chi connectivity index (χ1n) is 9.43. The molecule has 28 heavy (non-hydrogen) atoms. The van der Waals surface area contributed by atoms with Crippen LogP contribution in [0.5, 0.6) is 0 Å². The minimum Gasteiger partial charge on any atom is -0.468 e. The third-order valence-electron chi connectivity index (χ3n) is 4.93. The molecule has 1 fully saturated rings. The van der Waals surface area contributed by atoms with Crippen molar-refractivity contribution in [2.75, 3.05) is 19.6 Å². The van der Waals surface area contributed by atoms with E-state index in [0.717, 1.165) is 35.1 Å². The van der Waals surface area contributed by atoms with E-state index in [0.29, 0.717) is 11.6 Å². The second kappa shape index (κ2) is 8.90. The number of furan rings is 1. The van der Waals surface area contributed by atoms with Gasteiger partial charge in [0.05, 0.1) is 24.4 Å². The molecular weight excluding hydrogens is 394 g/mol. The van der Waals surface area contributed by atoms with Gasteiger partial charge in [0, 0.05) is 22.5 Å². The number of amides is 1. The number of benzene rings is 1. The normalized spacial score (nSPS) is 15.6. The maximum Gasteiger partial charge on any atom is 0.226 e. The van der Waals surface area contributed by atoms with Gasteiger partial charge < -0.3 is 9.73 Å². The van der Waals surface area contributed by atoms with Gasteiger partial charge in [-0.2, -0.15) is 0 Å². The van der Waals surface area contributed by atoms with Gasteiger partial charge in [-0.3, -0.25) is 9.69 Å². The van der Waals surface area contributed by atoms with Crippen molar-refractivity contribution < 1.29 is 9.21 Å². The van der Waals surface area contributed by atoms with E-state index >= 15 is 0 Å². The molecule has 5 nitrogen and oxygen atoms in total. The Hall–Kier alpha value is -2.15. The van der Waals surface area contributed by atoms with Gasteiger partial charge in [-0.25, -0.2) is 4.98 Å². The average Bonchev–Trinajstić information content (AvgIpc) is 3.46. The molecule has 0 radical (unpaired) electrons. The highest BCUT2D eigenvalue weighted by atomic mass is 35.5. The molecule has 1 aromatic carbocycles. The van der Waals surface area contributed by atoms with Gasteiger partial charge in [0.2, 0.25) is 5.91 Å². The van der Waals surface area contributed by atoms with Gasteiger partial charge in [-0.15, -0.1) is 11.3 Å². The van der Waals surface area contributed by atoms with E-state index in [9.17, 15) is 4.79 Å². The summed E-state index contributed by atoms with van der Waals surface area (Å²) in [4.78, 5) is 19.4. The Balaban J connectivity index is 1.35. The van der Waals surface area contributed by atoms with Crippen molar-refractivity contribution in [2.45, 2.75) is 25.3 Å². The van der Waals surface area contributed by atoms with Crippen molar-refractivity contribution in [2.24, 2.45) is 0 Å². The van der Waals surface area contributed by atoms with E-state index in [-0.39, 0.29) is 18.4 Å². The highest BCUT2D eigenvalue weighted by Crippen LogP contribution is 2.26. The number of rotatable bonds is 7. The van der Waals surface area contributed by atoms with Gasteiger partial charge in [-0.05, 0) is 50.2 Å². The van der Waals surface area contributed by atoms with Crippen molar-refractivity contribution in [1.29, 1.82) is 0 Å². The van der Waals surface area contributed by atoms with Crippen LogP contribution in [0.25, 0.3) is 10.6 Å². The van der Waals surface area contributed by atoms with Gasteiger partial charge in [0.1, 0.15) is 10.8 Å². The Kier molecular flexibility index (Phi) is 6.10. The lowest BCUT2D eigenvalue weighted by Crippen LogP contribution is -2.37. The van der Waals surface area contributed by atoms with Crippen LogP contribution in [0.3, 0.4) is 0 Å². The zero-order valence-electron chi connectivity index (χ0n) is 15.4. The van der Waals surface area contributed by atoms with Crippen LogP contribution < -0.4 is 5.32 Å². The fraction of sp³-hybridized carbons (Fsp3) is 0.333. The minimum absolute atomic E-state index is 0.0243. The number of halogens is 1. The molecule has 7 heteroatoms. The number of hydrogen-bond donors (Lipinski definition) is 1. The Morgan fingerprint density at radius 2 is 2.04 bits per heavy atom. The summed E-state index contributed by atoms with van der Waals surface area (Å²) in [7, 11) is 0. The van der Waals surface area contributed by atoms with Crippen molar-refractivity contribution in [3.63, 3.8) is 0 Å². The summed E-state index contributed by atoms with van der Waals surface area (Å²) < 4.78 is 5.61. The monoisotopic (exact) mass is 415 g/mol. The Morgan fingerprint density at radius 1 is 1.25 bits per heavy atom. The highest BCUT2D eigenvalue weighted by molar-refractivity contribution is 7.13. The first-order valence-corrected chi connectivity index (χ1v) is 10.7. The number of carbonyl (C=O) groups excluding carboxylic acids is 1. The van der Waals surface area contributed by atoms with Crippen LogP contribution in [0.2, 0.25) is 5.02 Å². The van der Waals surface area contributed by atoms with Crippen LogP contribution in [0.4, 0.5) is 0 Å². The molecule has 1 N–H and O–H groups in total. The van der Waals surface area contributed by atoms with E-state index in [2.05, 4.69) is 15.2 Å². The molecule has 1 atom stereocenters. The van der Waals surface area contributed by atoms with Crippen LogP contribution in [-0.4, -0.2) is 35.4 Å². The van der Waals surface area contributed by atoms with E-state index in [1.54, 1.807) is 6.26 Å². The lowest BCUT2D eigenvalue weighted by atomic mass is 10.2. The lowest BCUT2D eigenvalue weighted by molar-refractivity contribution is -0.120. The standard InChI is InChI=1S/C21H22ClN3O2S/c22-16-7-5-15(6-8-16)21-24-17(14-28-21)12-20(26)23-13-18(19-4-3-11-27-19)25-9-1-2-10-25/h3-8,11,14,18H,1-2,9-10,12-13H2,(H,23,26). The second-order valence-corrected chi connectivity index (χ2v) is 8.20. The minimum atomic E-state index is -0.0243. The first-order chi connectivity index (χ1) is 13.7. The molecule has 0 aliphatic carbocycles. The average molecular weight is 416 g/mol. The number of likely N-dealkylation sites (tertiary alicyclic amines) is 1. The molecule has 1 amide bonds. The van der Waals surface area contributed by atoms with Crippen molar-refractivity contribution in [3.05, 3.63) is 64.5 Å². The predicted molar refractivity (Wildman–Crippen MR) is 112 cm³/mol. The molecule has 1 aliphatic heterocycles. The van der Waals surface area contributed by atoms with Gasteiger partial charge in [0.25, 0.3) is 0 Å². The zero-order chi connectivity index (χ0) is 19.3. The SMILES string of the molecule is O=C(Cc1csc(-c2ccc(Cl)cc2)n1)NCC(c1ccco1)N1CCCC1. The molecule has 1 aliphatic rings. The highest BCUT2D eigenvalue weighted by Gasteiger charge is 2.26. The number of hydrogen-bond acceptors (Lipinski definition) is 5. The third-order valence-corrected chi connectivity index (χ3v) is 6.12. The molecule has 3 heterocycles. The maximum absolute atomic E-state index is 12.5. The number of nitrogens with one attached hydrogen (secondary N) is 1. The summed E-state index contributed by atoms with van der Waals surface area (Å²) in [6.07, 6.45) is 4.34. The molecule has 146 valence electrons. The Morgan fingerprint density at radius 3 is 2.75 bits per heavy atom. The summed E-state index contributed by atoms with van der Waals surface area (Å²) in [6, 6.07) is 11.5. The zero-order valence-corrected chi connectivity index (χ0v) is 17.0. The molecule has 1 unspecified atom stereocenters. The van der Waals surface area contributed by atoms with Gasteiger partial charge in [0.15, 0.2) is 0 Å². The second-order valence-electron chi connectivity index (χ2n) is 6.91. The summed E-state index contributed by atoms with van der Waals surface area (Å²) in [5, 5.41) is 6.59. The number of nitrogens with zero attached hydrogens (tertiary/aromatic N) is 2. The van der Waals surface area contributed by atoms with Gasteiger partial charge in [-0.1, -0.05) is 23.7 Å². The Labute approximate surface area is 173 Å². The number of aromatic nitrogens is 1. The largest absolute Gasteiger partial charge is 0.468 e.